The zero-order valence-electron chi connectivity index (χ0n) is 18.8. The number of rotatable bonds is 10. The number of benzene rings is 1. The maximum atomic E-state index is 5.51. The van der Waals surface area contributed by atoms with Gasteiger partial charge in [0.15, 0.2) is 17.3 Å². The lowest BCUT2D eigenvalue weighted by molar-refractivity contribution is 0.252. The molecule has 0 unspecified atom stereocenters. The largest absolute Gasteiger partial charge is 0.493 e. The van der Waals surface area contributed by atoms with Gasteiger partial charge in [0.1, 0.15) is 11.5 Å². The summed E-state index contributed by atoms with van der Waals surface area (Å²) in [4.78, 5) is 9.32. The first-order valence-electron chi connectivity index (χ1n) is 11.0. The number of aromatic nitrogens is 2. The van der Waals surface area contributed by atoms with Gasteiger partial charge in [0.25, 0.3) is 0 Å². The Morgan fingerprint density at radius 2 is 1.91 bits per heavy atom. The molecule has 1 fully saturated rings. The lowest BCUT2D eigenvalue weighted by Gasteiger charge is -2.35. The van der Waals surface area contributed by atoms with Gasteiger partial charge in [-0.15, -0.1) is 0 Å². The smallest absolute Gasteiger partial charge is 0.170 e. The summed E-state index contributed by atoms with van der Waals surface area (Å²) in [5.41, 5.74) is 1.59. The molecule has 1 saturated heterocycles. The van der Waals surface area contributed by atoms with Crippen LogP contribution in [0.3, 0.4) is 0 Å². The summed E-state index contributed by atoms with van der Waals surface area (Å²) >= 11 is 0. The lowest BCUT2D eigenvalue weighted by atomic mass is 10.1. The maximum Gasteiger partial charge on any atom is 0.170 e. The van der Waals surface area contributed by atoms with E-state index in [9.17, 15) is 0 Å². The van der Waals surface area contributed by atoms with Crippen LogP contribution in [0.5, 0.6) is 11.5 Å². The molecule has 3 aromatic rings. The Balaban J connectivity index is 1.18. The number of anilines is 1. The Labute approximate surface area is 189 Å². The maximum absolute atomic E-state index is 5.51. The van der Waals surface area contributed by atoms with E-state index in [1.54, 1.807) is 14.2 Å². The van der Waals surface area contributed by atoms with Crippen molar-refractivity contribution in [3.8, 4) is 22.8 Å². The summed E-state index contributed by atoms with van der Waals surface area (Å²) in [6.07, 6.45) is 2.95. The predicted octanol–water partition coefficient (Wildman–Crippen LogP) is 3.06. The molecule has 170 valence electrons. The van der Waals surface area contributed by atoms with E-state index in [1.165, 1.54) is 0 Å². The fourth-order valence-corrected chi connectivity index (χ4v) is 3.99. The molecule has 8 nitrogen and oxygen atoms in total. The highest BCUT2D eigenvalue weighted by atomic mass is 16.5. The van der Waals surface area contributed by atoms with Crippen molar-refractivity contribution in [1.29, 1.82) is 0 Å². The van der Waals surface area contributed by atoms with Gasteiger partial charge in [-0.05, 0) is 43.8 Å². The molecule has 1 N–H and O–H groups in total. The van der Waals surface area contributed by atoms with Crippen LogP contribution in [-0.4, -0.2) is 68.5 Å². The zero-order chi connectivity index (χ0) is 22.2. The molecule has 3 heterocycles. The number of methoxy groups -OCH3 is 2. The predicted molar refractivity (Wildman–Crippen MR) is 124 cm³/mol. The van der Waals surface area contributed by atoms with Crippen molar-refractivity contribution in [3.05, 3.63) is 54.4 Å². The molecule has 1 aliphatic rings. The molecule has 0 saturated carbocycles. The second kappa shape index (κ2) is 11.0. The van der Waals surface area contributed by atoms with E-state index in [-0.39, 0.29) is 0 Å². The van der Waals surface area contributed by atoms with Crippen molar-refractivity contribution in [3.63, 3.8) is 0 Å². The molecular weight excluding hydrogens is 406 g/mol. The summed E-state index contributed by atoms with van der Waals surface area (Å²) in [5, 5.41) is 7.66. The third-order valence-electron chi connectivity index (χ3n) is 5.71. The fraction of sp³-hybridized carbons (Fsp3) is 0.417. The Morgan fingerprint density at radius 3 is 2.66 bits per heavy atom. The fourth-order valence-electron chi connectivity index (χ4n) is 3.99. The summed E-state index contributed by atoms with van der Waals surface area (Å²) in [6.45, 7) is 6.87. The van der Waals surface area contributed by atoms with Crippen LogP contribution < -0.4 is 19.7 Å². The van der Waals surface area contributed by atoms with Gasteiger partial charge in [0, 0.05) is 44.0 Å². The number of nitrogens with zero attached hydrogens (tertiary/aromatic N) is 4. The highest BCUT2D eigenvalue weighted by Gasteiger charge is 2.18. The quantitative estimate of drug-likeness (QED) is 0.485. The van der Waals surface area contributed by atoms with Gasteiger partial charge < -0.3 is 24.2 Å². The molecule has 4 rings (SSSR count). The van der Waals surface area contributed by atoms with E-state index in [4.69, 9.17) is 14.0 Å². The molecule has 8 heteroatoms. The highest BCUT2D eigenvalue weighted by molar-refractivity contribution is 5.71. The van der Waals surface area contributed by atoms with Gasteiger partial charge in [0.2, 0.25) is 0 Å². The van der Waals surface area contributed by atoms with Gasteiger partial charge in [-0.25, -0.2) is 4.98 Å². The summed E-state index contributed by atoms with van der Waals surface area (Å²) < 4.78 is 16.4. The standard InChI is InChI=1S/C24H31N5O3/c1-30-22-8-5-7-20(24(22)31-2)21-17-19(32-27-21)18-25-10-6-12-28-13-15-29(16-14-28)23-9-3-4-11-26-23/h3-5,7-9,11,17,25H,6,10,12-16,18H2,1-2H3. The normalized spacial score (nSPS) is 14.5. The molecule has 0 aliphatic carbocycles. The van der Waals surface area contributed by atoms with Crippen molar-refractivity contribution >= 4 is 5.82 Å². The SMILES string of the molecule is COc1cccc(-c2cc(CNCCCN3CCN(c4ccccn4)CC3)on2)c1OC. The zero-order valence-corrected chi connectivity index (χ0v) is 18.8. The van der Waals surface area contributed by atoms with Crippen LogP contribution >= 0.6 is 0 Å². The molecular formula is C24H31N5O3. The average molecular weight is 438 g/mol. The van der Waals surface area contributed by atoms with Crippen LogP contribution in [0, 0.1) is 0 Å². The van der Waals surface area contributed by atoms with E-state index in [0.29, 0.717) is 18.0 Å². The minimum atomic E-state index is 0.646. The van der Waals surface area contributed by atoms with Crippen LogP contribution in [-0.2, 0) is 6.54 Å². The van der Waals surface area contributed by atoms with Crippen LogP contribution in [0.25, 0.3) is 11.3 Å². The summed E-state index contributed by atoms with van der Waals surface area (Å²) in [6, 6.07) is 13.8. The molecule has 0 atom stereocenters. The van der Waals surface area contributed by atoms with Gasteiger partial charge in [-0.3, -0.25) is 4.90 Å². The Hall–Kier alpha value is -3.10. The van der Waals surface area contributed by atoms with Crippen molar-refractivity contribution in [1.82, 2.24) is 20.4 Å². The second-order valence-corrected chi connectivity index (χ2v) is 7.77. The van der Waals surface area contributed by atoms with Gasteiger partial charge in [-0.2, -0.15) is 0 Å². The van der Waals surface area contributed by atoms with Crippen LogP contribution in [0.2, 0.25) is 0 Å². The molecule has 0 bridgehead atoms. The topological polar surface area (TPSA) is 75.9 Å². The molecule has 1 aliphatic heterocycles. The highest BCUT2D eigenvalue weighted by Crippen LogP contribution is 2.37. The number of para-hydroxylation sites is 1. The van der Waals surface area contributed by atoms with Crippen molar-refractivity contribution < 1.29 is 14.0 Å². The van der Waals surface area contributed by atoms with E-state index < -0.39 is 0 Å². The third kappa shape index (κ3) is 5.38. The molecule has 0 amide bonds. The van der Waals surface area contributed by atoms with Crippen LogP contribution in [0.15, 0.2) is 53.2 Å². The van der Waals surface area contributed by atoms with E-state index >= 15 is 0 Å². The van der Waals surface area contributed by atoms with Crippen molar-refractivity contribution in [2.24, 2.45) is 0 Å². The van der Waals surface area contributed by atoms with E-state index in [1.807, 2.05) is 42.6 Å². The number of piperazine rings is 1. The average Bonchev–Trinajstić information content (AvgIpc) is 3.33. The first kappa shape index (κ1) is 22.1. The van der Waals surface area contributed by atoms with E-state index in [2.05, 4.69) is 31.3 Å². The summed E-state index contributed by atoms with van der Waals surface area (Å²) in [7, 11) is 3.25. The van der Waals surface area contributed by atoms with Crippen molar-refractivity contribution in [2.45, 2.75) is 13.0 Å². The molecule has 2 aromatic heterocycles. The Bertz CT molecular complexity index is 971. The first-order valence-corrected chi connectivity index (χ1v) is 11.0. The lowest BCUT2D eigenvalue weighted by Crippen LogP contribution is -2.47. The number of hydrogen-bond acceptors (Lipinski definition) is 8. The second-order valence-electron chi connectivity index (χ2n) is 7.77. The number of hydrogen-bond donors (Lipinski definition) is 1. The first-order chi connectivity index (χ1) is 15.8. The Kier molecular flexibility index (Phi) is 7.58. The monoisotopic (exact) mass is 437 g/mol. The molecule has 0 spiro atoms. The van der Waals surface area contributed by atoms with Crippen LogP contribution in [0.4, 0.5) is 5.82 Å². The third-order valence-corrected chi connectivity index (χ3v) is 5.71. The molecule has 32 heavy (non-hydrogen) atoms. The number of ether oxygens (including phenoxy) is 2. The van der Waals surface area contributed by atoms with Gasteiger partial charge in [-0.1, -0.05) is 17.3 Å². The Morgan fingerprint density at radius 1 is 1.03 bits per heavy atom. The van der Waals surface area contributed by atoms with Crippen molar-refractivity contribution in [2.75, 3.05) is 58.4 Å². The minimum absolute atomic E-state index is 0.646. The molecule has 1 aromatic carbocycles. The minimum Gasteiger partial charge on any atom is -0.493 e. The van der Waals surface area contributed by atoms with Gasteiger partial charge >= 0.3 is 0 Å². The number of pyridine rings is 1. The summed E-state index contributed by atoms with van der Waals surface area (Å²) in [5.74, 6) is 3.21. The van der Waals surface area contributed by atoms with Crippen LogP contribution in [0.1, 0.15) is 12.2 Å². The van der Waals surface area contributed by atoms with E-state index in [0.717, 1.165) is 68.5 Å². The van der Waals surface area contributed by atoms with Gasteiger partial charge in [0.05, 0.1) is 20.8 Å². The molecule has 0 radical (unpaired) electrons. The number of nitrogens with one attached hydrogen (secondary N) is 1.